The van der Waals surface area contributed by atoms with E-state index in [1.165, 1.54) is 30.5 Å². The summed E-state index contributed by atoms with van der Waals surface area (Å²) >= 11 is 0. The summed E-state index contributed by atoms with van der Waals surface area (Å²) in [6, 6.07) is 5.99. The van der Waals surface area contributed by atoms with Gasteiger partial charge in [0.1, 0.15) is 5.82 Å². The maximum absolute atomic E-state index is 13.5. The monoisotopic (exact) mass is 306 g/mol. The summed E-state index contributed by atoms with van der Waals surface area (Å²) in [6.07, 6.45) is -3.03. The summed E-state index contributed by atoms with van der Waals surface area (Å²) in [7, 11) is 0. The summed E-state index contributed by atoms with van der Waals surface area (Å²) in [5.41, 5.74) is 5.39. The number of alkyl halides is 3. The Balaban J connectivity index is 0.00000200. The van der Waals surface area contributed by atoms with Crippen LogP contribution in [0, 0.1) is 5.82 Å². The predicted octanol–water partition coefficient (Wildman–Crippen LogP) is 3.71. The topological polar surface area (TPSA) is 38.9 Å². The number of rotatable bonds is 2. The van der Waals surface area contributed by atoms with E-state index >= 15 is 0 Å². The van der Waals surface area contributed by atoms with Gasteiger partial charge in [-0.05, 0) is 29.8 Å². The van der Waals surface area contributed by atoms with Crippen LogP contribution in [0.15, 0.2) is 42.6 Å². The van der Waals surface area contributed by atoms with Gasteiger partial charge in [-0.15, -0.1) is 12.4 Å². The zero-order valence-corrected chi connectivity index (χ0v) is 10.9. The minimum atomic E-state index is -4.40. The van der Waals surface area contributed by atoms with Gasteiger partial charge in [0, 0.05) is 6.20 Å². The third-order valence-corrected chi connectivity index (χ3v) is 2.68. The second-order valence-electron chi connectivity index (χ2n) is 3.97. The zero-order valence-electron chi connectivity index (χ0n) is 10.1. The minimum absolute atomic E-state index is 0. The van der Waals surface area contributed by atoms with Crippen molar-refractivity contribution in [2.24, 2.45) is 5.73 Å². The van der Waals surface area contributed by atoms with Crippen molar-refractivity contribution < 1.29 is 17.6 Å². The van der Waals surface area contributed by atoms with Crippen LogP contribution in [0.25, 0.3) is 0 Å². The molecule has 1 aromatic carbocycles. The van der Waals surface area contributed by atoms with Crippen molar-refractivity contribution in [2.75, 3.05) is 0 Å². The van der Waals surface area contributed by atoms with Crippen LogP contribution in [0.5, 0.6) is 0 Å². The maximum atomic E-state index is 13.5. The fourth-order valence-electron chi connectivity index (χ4n) is 1.66. The van der Waals surface area contributed by atoms with Gasteiger partial charge < -0.3 is 5.73 Å². The average Bonchev–Trinajstić information content (AvgIpc) is 2.38. The van der Waals surface area contributed by atoms with Crippen molar-refractivity contribution in [3.05, 3.63) is 65.2 Å². The van der Waals surface area contributed by atoms with Crippen LogP contribution < -0.4 is 5.73 Å². The Morgan fingerprint density at radius 2 is 1.65 bits per heavy atom. The van der Waals surface area contributed by atoms with Gasteiger partial charge in [-0.25, -0.2) is 4.39 Å². The SMILES string of the molecule is Cl.N[C@@H](c1ccc(C(F)(F)F)cc1)c1ncccc1F. The number of pyridine rings is 1. The Labute approximate surface area is 119 Å². The van der Waals surface area contributed by atoms with Crippen LogP contribution in [-0.4, -0.2) is 4.98 Å². The highest BCUT2D eigenvalue weighted by Gasteiger charge is 2.30. The highest BCUT2D eigenvalue weighted by atomic mass is 35.5. The van der Waals surface area contributed by atoms with Crippen molar-refractivity contribution in [1.82, 2.24) is 4.98 Å². The van der Waals surface area contributed by atoms with Gasteiger partial charge in [-0.3, -0.25) is 4.98 Å². The van der Waals surface area contributed by atoms with Crippen molar-refractivity contribution >= 4 is 12.4 Å². The molecule has 0 saturated heterocycles. The van der Waals surface area contributed by atoms with E-state index in [0.717, 1.165) is 12.1 Å². The first-order valence-electron chi connectivity index (χ1n) is 5.43. The van der Waals surface area contributed by atoms with Crippen LogP contribution in [0.1, 0.15) is 22.9 Å². The van der Waals surface area contributed by atoms with Gasteiger partial charge in [-0.2, -0.15) is 13.2 Å². The highest BCUT2D eigenvalue weighted by Crippen LogP contribution is 2.30. The Hall–Kier alpha value is -1.66. The molecule has 2 nitrogen and oxygen atoms in total. The van der Waals surface area contributed by atoms with Crippen molar-refractivity contribution in [2.45, 2.75) is 12.2 Å². The van der Waals surface area contributed by atoms with Crippen LogP contribution in [0.4, 0.5) is 17.6 Å². The lowest BCUT2D eigenvalue weighted by molar-refractivity contribution is -0.137. The number of aromatic nitrogens is 1. The molecule has 1 atom stereocenters. The highest BCUT2D eigenvalue weighted by molar-refractivity contribution is 5.85. The van der Waals surface area contributed by atoms with Crippen molar-refractivity contribution in [3.63, 3.8) is 0 Å². The van der Waals surface area contributed by atoms with Crippen LogP contribution >= 0.6 is 12.4 Å². The smallest absolute Gasteiger partial charge is 0.319 e. The predicted molar refractivity (Wildman–Crippen MR) is 68.9 cm³/mol. The molecule has 1 aromatic heterocycles. The lowest BCUT2D eigenvalue weighted by Crippen LogP contribution is -2.15. The second kappa shape index (κ2) is 6.19. The van der Waals surface area contributed by atoms with E-state index in [9.17, 15) is 17.6 Å². The molecule has 1 heterocycles. The molecule has 0 bridgehead atoms. The van der Waals surface area contributed by atoms with Gasteiger partial charge in [-0.1, -0.05) is 12.1 Å². The fraction of sp³-hybridized carbons (Fsp3) is 0.154. The van der Waals surface area contributed by atoms with E-state index in [1.807, 2.05) is 0 Å². The standard InChI is InChI=1S/C13H10F4N2.ClH/c14-10-2-1-7-19-12(10)11(18)8-3-5-9(6-4-8)13(15,16)17;/h1-7,11H,18H2;1H/t11-;/m0./s1. The van der Waals surface area contributed by atoms with E-state index in [1.54, 1.807) is 0 Å². The molecule has 0 radical (unpaired) electrons. The van der Waals surface area contributed by atoms with Crippen LogP contribution in [0.2, 0.25) is 0 Å². The number of nitrogens with two attached hydrogens (primary N) is 1. The fourth-order valence-corrected chi connectivity index (χ4v) is 1.66. The molecule has 2 rings (SSSR count). The number of hydrogen-bond donors (Lipinski definition) is 1. The third-order valence-electron chi connectivity index (χ3n) is 2.68. The van der Waals surface area contributed by atoms with E-state index in [0.29, 0.717) is 5.56 Å². The number of halogens is 5. The van der Waals surface area contributed by atoms with Gasteiger partial charge in [0.15, 0.2) is 0 Å². The number of benzene rings is 1. The molecule has 0 saturated carbocycles. The zero-order chi connectivity index (χ0) is 14.0. The third kappa shape index (κ3) is 3.46. The molecule has 20 heavy (non-hydrogen) atoms. The molecular formula is C13H11ClF4N2. The Morgan fingerprint density at radius 3 is 2.15 bits per heavy atom. The molecule has 2 aromatic rings. The molecule has 0 unspecified atom stereocenters. The molecule has 0 aliphatic heterocycles. The minimum Gasteiger partial charge on any atom is -0.319 e. The van der Waals surface area contributed by atoms with E-state index in [-0.39, 0.29) is 18.1 Å². The molecule has 2 N–H and O–H groups in total. The normalized spacial score (nSPS) is 12.7. The van der Waals surface area contributed by atoms with Crippen molar-refractivity contribution in [3.8, 4) is 0 Å². The summed E-state index contributed by atoms with van der Waals surface area (Å²) in [4.78, 5) is 3.80. The first-order chi connectivity index (χ1) is 8.89. The number of hydrogen-bond acceptors (Lipinski definition) is 2. The molecule has 0 aliphatic carbocycles. The molecular weight excluding hydrogens is 296 g/mol. The lowest BCUT2D eigenvalue weighted by Gasteiger charge is -2.13. The molecule has 0 fully saturated rings. The van der Waals surface area contributed by atoms with Gasteiger partial charge in [0.2, 0.25) is 0 Å². The van der Waals surface area contributed by atoms with E-state index in [2.05, 4.69) is 4.98 Å². The summed E-state index contributed by atoms with van der Waals surface area (Å²) < 4.78 is 50.7. The summed E-state index contributed by atoms with van der Waals surface area (Å²) in [6.45, 7) is 0. The second-order valence-corrected chi connectivity index (χ2v) is 3.97. The van der Waals surface area contributed by atoms with Gasteiger partial charge in [0.05, 0.1) is 17.3 Å². The molecule has 7 heteroatoms. The first-order valence-corrected chi connectivity index (χ1v) is 5.43. The number of nitrogens with zero attached hydrogens (tertiary/aromatic N) is 1. The molecule has 0 aliphatic rings. The van der Waals surface area contributed by atoms with Crippen molar-refractivity contribution in [1.29, 1.82) is 0 Å². The molecule has 0 amide bonds. The molecule has 108 valence electrons. The van der Waals surface area contributed by atoms with Gasteiger partial charge >= 0.3 is 6.18 Å². The Morgan fingerprint density at radius 1 is 1.05 bits per heavy atom. The largest absolute Gasteiger partial charge is 0.416 e. The first kappa shape index (κ1) is 16.4. The quantitative estimate of drug-likeness (QED) is 0.859. The average molecular weight is 307 g/mol. The van der Waals surface area contributed by atoms with Crippen LogP contribution in [-0.2, 0) is 6.18 Å². The van der Waals surface area contributed by atoms with E-state index < -0.39 is 23.6 Å². The summed E-state index contributed by atoms with van der Waals surface area (Å²) in [5.74, 6) is -0.588. The summed E-state index contributed by atoms with van der Waals surface area (Å²) in [5, 5.41) is 0. The van der Waals surface area contributed by atoms with Crippen LogP contribution in [0.3, 0.4) is 0 Å². The maximum Gasteiger partial charge on any atom is 0.416 e. The van der Waals surface area contributed by atoms with Gasteiger partial charge in [0.25, 0.3) is 0 Å². The Bertz CT molecular complexity index is 569. The lowest BCUT2D eigenvalue weighted by atomic mass is 10.0. The Kier molecular flexibility index (Phi) is 5.08. The molecule has 0 spiro atoms. The van der Waals surface area contributed by atoms with E-state index in [4.69, 9.17) is 5.73 Å².